The molecule has 0 amide bonds. The molecule has 1 aliphatic rings. The third kappa shape index (κ3) is 5.78. The van der Waals surface area contributed by atoms with Gasteiger partial charge >= 0.3 is 5.97 Å². The normalized spacial score (nSPS) is 22.5. The van der Waals surface area contributed by atoms with Crippen molar-refractivity contribution in [2.75, 3.05) is 40.3 Å². The Morgan fingerprint density at radius 3 is 2.33 bits per heavy atom. The number of carbonyl (C=O) groups is 2. The van der Waals surface area contributed by atoms with E-state index >= 15 is 0 Å². The van der Waals surface area contributed by atoms with E-state index in [-0.39, 0.29) is 20.0 Å². The number of hydrogen-bond donors (Lipinski definition) is 0. The average molecular weight is 348 g/mol. The van der Waals surface area contributed by atoms with Crippen LogP contribution in [0.3, 0.4) is 0 Å². The van der Waals surface area contributed by atoms with E-state index in [4.69, 9.17) is 28.4 Å². The second-order valence-electron chi connectivity index (χ2n) is 5.29. The molecule has 0 bridgehead atoms. The van der Waals surface area contributed by atoms with E-state index in [0.717, 1.165) is 0 Å². The van der Waals surface area contributed by atoms with Gasteiger partial charge < -0.3 is 28.4 Å². The molecule has 0 unspecified atom stereocenters. The maximum atomic E-state index is 12.3. The fourth-order valence-electron chi connectivity index (χ4n) is 2.34. The van der Waals surface area contributed by atoms with Crippen LogP contribution in [0, 0.1) is 0 Å². The molecule has 1 saturated heterocycles. The molecular formula is C16H28O8. The van der Waals surface area contributed by atoms with Crippen molar-refractivity contribution in [3.05, 3.63) is 0 Å². The second kappa shape index (κ2) is 10.7. The van der Waals surface area contributed by atoms with Crippen LogP contribution in [0.1, 0.15) is 33.6 Å². The van der Waals surface area contributed by atoms with Crippen molar-refractivity contribution in [3.8, 4) is 0 Å². The zero-order valence-corrected chi connectivity index (χ0v) is 14.9. The summed E-state index contributed by atoms with van der Waals surface area (Å²) in [5, 5.41) is 0. The minimum atomic E-state index is -1.04. The van der Waals surface area contributed by atoms with E-state index in [9.17, 15) is 9.59 Å². The van der Waals surface area contributed by atoms with Gasteiger partial charge in [-0.15, -0.1) is 0 Å². The van der Waals surface area contributed by atoms with Gasteiger partial charge in [-0.05, 0) is 19.8 Å². The molecule has 8 heteroatoms. The van der Waals surface area contributed by atoms with Gasteiger partial charge in [-0.1, -0.05) is 13.8 Å². The summed E-state index contributed by atoms with van der Waals surface area (Å²) in [5.74, 6) is -2.57. The van der Waals surface area contributed by atoms with Crippen molar-refractivity contribution in [2.24, 2.45) is 0 Å². The van der Waals surface area contributed by atoms with E-state index in [1.54, 1.807) is 14.0 Å². The van der Waals surface area contributed by atoms with E-state index in [1.807, 2.05) is 13.8 Å². The van der Waals surface area contributed by atoms with Crippen molar-refractivity contribution in [1.82, 2.24) is 0 Å². The molecule has 24 heavy (non-hydrogen) atoms. The van der Waals surface area contributed by atoms with Gasteiger partial charge in [0, 0.05) is 7.11 Å². The van der Waals surface area contributed by atoms with Gasteiger partial charge in [0.2, 0.25) is 0 Å². The van der Waals surface area contributed by atoms with Gasteiger partial charge in [0.05, 0.1) is 26.4 Å². The third-order valence-electron chi connectivity index (χ3n) is 3.74. The number of hydrogen-bond acceptors (Lipinski definition) is 8. The van der Waals surface area contributed by atoms with E-state index in [2.05, 4.69) is 0 Å². The number of ketones is 1. The standard InChI is InChI=1S/C16H28O8/c1-5-16(6-2)23-12(10-21-11-20-9-8-19-4)14(24-16)13(17)15(18)22-7-3/h12,14H,5-11H2,1-4H3/t12-,14+/m0/s1. The molecule has 1 aliphatic heterocycles. The van der Waals surface area contributed by atoms with E-state index in [1.165, 1.54) is 0 Å². The molecule has 2 atom stereocenters. The fraction of sp³-hybridized carbons (Fsp3) is 0.875. The molecular weight excluding hydrogens is 320 g/mol. The highest BCUT2D eigenvalue weighted by atomic mass is 16.8. The van der Waals surface area contributed by atoms with Crippen LogP contribution >= 0.6 is 0 Å². The number of Topliss-reactive ketones (excluding diaryl/α,β-unsaturated/α-hetero) is 1. The molecule has 0 radical (unpaired) electrons. The fourth-order valence-corrected chi connectivity index (χ4v) is 2.34. The maximum Gasteiger partial charge on any atom is 0.377 e. The highest BCUT2D eigenvalue weighted by molar-refractivity contribution is 6.35. The van der Waals surface area contributed by atoms with Crippen LogP contribution in [0.4, 0.5) is 0 Å². The molecule has 0 saturated carbocycles. The van der Waals surface area contributed by atoms with Gasteiger partial charge in [-0.25, -0.2) is 4.79 Å². The van der Waals surface area contributed by atoms with Gasteiger partial charge in [-0.3, -0.25) is 4.79 Å². The molecule has 1 fully saturated rings. The Kier molecular flexibility index (Phi) is 9.38. The topological polar surface area (TPSA) is 89.5 Å². The number of rotatable bonds is 12. The summed E-state index contributed by atoms with van der Waals surface area (Å²) in [7, 11) is 1.58. The SMILES string of the molecule is CCOC(=O)C(=O)[C@@H]1OC(CC)(CC)O[C@H]1COCOCCOC. The Morgan fingerprint density at radius 2 is 1.75 bits per heavy atom. The summed E-state index contributed by atoms with van der Waals surface area (Å²) >= 11 is 0. The Hall–Kier alpha value is -1.06. The molecule has 1 rings (SSSR count). The lowest BCUT2D eigenvalue weighted by Crippen LogP contribution is -2.40. The zero-order chi connectivity index (χ0) is 18.0. The van der Waals surface area contributed by atoms with Crippen molar-refractivity contribution < 1.29 is 38.0 Å². The van der Waals surface area contributed by atoms with Crippen LogP contribution < -0.4 is 0 Å². The van der Waals surface area contributed by atoms with Gasteiger partial charge in [-0.2, -0.15) is 0 Å². The summed E-state index contributed by atoms with van der Waals surface area (Å²) in [4.78, 5) is 24.0. The first-order chi connectivity index (χ1) is 11.5. The van der Waals surface area contributed by atoms with Crippen LogP contribution in [0.25, 0.3) is 0 Å². The van der Waals surface area contributed by atoms with Gasteiger partial charge in [0.15, 0.2) is 11.9 Å². The van der Waals surface area contributed by atoms with E-state index in [0.29, 0.717) is 26.1 Å². The van der Waals surface area contributed by atoms with Crippen LogP contribution in [0.5, 0.6) is 0 Å². The molecule has 8 nitrogen and oxygen atoms in total. The lowest BCUT2D eigenvalue weighted by Gasteiger charge is -2.24. The lowest BCUT2D eigenvalue weighted by atomic mass is 10.1. The van der Waals surface area contributed by atoms with Crippen LogP contribution in [0.15, 0.2) is 0 Å². The van der Waals surface area contributed by atoms with Crippen molar-refractivity contribution in [1.29, 1.82) is 0 Å². The summed E-state index contributed by atoms with van der Waals surface area (Å²) < 4.78 is 31.9. The van der Waals surface area contributed by atoms with Crippen LogP contribution in [-0.4, -0.2) is 70.1 Å². The lowest BCUT2D eigenvalue weighted by molar-refractivity contribution is -0.188. The first-order valence-electron chi connectivity index (χ1n) is 8.24. The Morgan fingerprint density at radius 1 is 1.04 bits per heavy atom. The van der Waals surface area contributed by atoms with Crippen molar-refractivity contribution in [3.63, 3.8) is 0 Å². The average Bonchev–Trinajstić information content (AvgIpc) is 2.97. The molecule has 1 heterocycles. The number of ether oxygens (including phenoxy) is 6. The summed E-state index contributed by atoms with van der Waals surface area (Å²) in [6, 6.07) is 0. The van der Waals surface area contributed by atoms with Crippen LogP contribution in [0.2, 0.25) is 0 Å². The molecule has 0 spiro atoms. The monoisotopic (exact) mass is 348 g/mol. The molecule has 0 aromatic carbocycles. The highest BCUT2D eigenvalue weighted by Gasteiger charge is 2.50. The molecule has 0 aromatic rings. The smallest absolute Gasteiger partial charge is 0.377 e. The third-order valence-corrected chi connectivity index (χ3v) is 3.74. The quantitative estimate of drug-likeness (QED) is 0.224. The number of carbonyl (C=O) groups excluding carboxylic acids is 2. The summed E-state index contributed by atoms with van der Waals surface area (Å²) in [5.41, 5.74) is 0. The highest BCUT2D eigenvalue weighted by Crippen LogP contribution is 2.35. The summed E-state index contributed by atoms with van der Waals surface area (Å²) in [6.45, 7) is 6.53. The van der Waals surface area contributed by atoms with Crippen molar-refractivity contribution >= 4 is 11.8 Å². The first kappa shape index (κ1) is 21.0. The number of esters is 1. The van der Waals surface area contributed by atoms with Gasteiger partial charge in [0.25, 0.3) is 5.78 Å². The zero-order valence-electron chi connectivity index (χ0n) is 14.9. The maximum absolute atomic E-state index is 12.3. The predicted molar refractivity (Wildman–Crippen MR) is 83.3 cm³/mol. The molecule has 0 aromatic heterocycles. The molecule has 0 N–H and O–H groups in total. The van der Waals surface area contributed by atoms with Gasteiger partial charge in [0.1, 0.15) is 12.9 Å². The minimum absolute atomic E-state index is 0.0365. The molecule has 0 aliphatic carbocycles. The minimum Gasteiger partial charge on any atom is -0.460 e. The first-order valence-corrected chi connectivity index (χ1v) is 8.24. The van der Waals surface area contributed by atoms with Crippen molar-refractivity contribution in [2.45, 2.75) is 51.6 Å². The van der Waals surface area contributed by atoms with E-state index < -0.39 is 29.7 Å². The second-order valence-corrected chi connectivity index (χ2v) is 5.29. The predicted octanol–water partition coefficient (Wildman–Crippen LogP) is 1.06. The Labute approximate surface area is 142 Å². The number of methoxy groups -OCH3 is 1. The largest absolute Gasteiger partial charge is 0.460 e. The Balaban J connectivity index is 2.62. The van der Waals surface area contributed by atoms with Crippen LogP contribution in [-0.2, 0) is 38.0 Å². The summed E-state index contributed by atoms with van der Waals surface area (Å²) in [6.07, 6.45) is -0.621. The molecule has 140 valence electrons. The Bertz CT molecular complexity index is 394.